The lowest BCUT2D eigenvalue weighted by molar-refractivity contribution is 0.602. The van der Waals surface area contributed by atoms with Gasteiger partial charge in [-0.25, -0.2) is 8.42 Å². The minimum Gasteiger partial charge on any atom is -0.229 e. The van der Waals surface area contributed by atoms with Crippen molar-refractivity contribution in [1.29, 1.82) is 0 Å². The van der Waals surface area contributed by atoms with Crippen LogP contribution in [0.5, 0.6) is 0 Å². The first kappa shape index (κ1) is 8.01. The fourth-order valence-corrected chi connectivity index (χ4v) is 5.38. The molecule has 0 unspecified atom stereocenters. The SMILES string of the molecule is O=S1(=O)CCC(Br)(Br)C1. The van der Waals surface area contributed by atoms with E-state index in [1.807, 2.05) is 0 Å². The molecule has 1 rings (SSSR count). The zero-order chi connectivity index (χ0) is 7.12. The van der Waals surface area contributed by atoms with Gasteiger partial charge in [0, 0.05) is 0 Å². The van der Waals surface area contributed by atoms with Gasteiger partial charge in [0.25, 0.3) is 0 Å². The lowest BCUT2D eigenvalue weighted by atomic mass is 10.4. The highest BCUT2D eigenvalue weighted by Gasteiger charge is 2.37. The van der Waals surface area contributed by atoms with Gasteiger partial charge in [0.2, 0.25) is 0 Å². The monoisotopic (exact) mass is 276 g/mol. The summed E-state index contributed by atoms with van der Waals surface area (Å²) >= 11 is 6.51. The van der Waals surface area contributed by atoms with Crippen LogP contribution < -0.4 is 0 Å². The van der Waals surface area contributed by atoms with Crippen molar-refractivity contribution in [3.05, 3.63) is 0 Å². The molecule has 1 heterocycles. The second-order valence-electron chi connectivity index (χ2n) is 2.20. The Labute approximate surface area is 71.2 Å². The molecule has 0 spiro atoms. The second-order valence-corrected chi connectivity index (χ2v) is 8.48. The summed E-state index contributed by atoms with van der Waals surface area (Å²) in [6.07, 6.45) is 0.662. The Hall–Kier alpha value is 0.910. The standard InChI is InChI=1S/C4H6Br2O2S/c5-4(6)1-2-9(7,8)3-4/h1-3H2. The summed E-state index contributed by atoms with van der Waals surface area (Å²) in [6.45, 7) is 0. The summed E-state index contributed by atoms with van der Waals surface area (Å²) in [6, 6.07) is 0. The predicted octanol–water partition coefficient (Wildman–Crippen LogP) is 1.29. The van der Waals surface area contributed by atoms with Gasteiger partial charge in [-0.15, -0.1) is 0 Å². The molecule has 1 aliphatic heterocycles. The number of hydrogen-bond donors (Lipinski definition) is 0. The summed E-state index contributed by atoms with van der Waals surface area (Å²) in [4.78, 5) is 0. The average molecular weight is 278 g/mol. The van der Waals surface area contributed by atoms with Crippen LogP contribution in [-0.2, 0) is 9.84 Å². The molecular formula is C4H6Br2O2S. The fraction of sp³-hybridized carbons (Fsp3) is 1.00. The molecule has 0 aromatic rings. The van der Waals surface area contributed by atoms with Gasteiger partial charge in [0.15, 0.2) is 9.84 Å². The highest BCUT2D eigenvalue weighted by molar-refractivity contribution is 9.25. The molecule has 0 saturated carbocycles. The van der Waals surface area contributed by atoms with Crippen molar-refractivity contribution in [2.45, 2.75) is 9.65 Å². The Kier molecular flexibility index (Phi) is 1.96. The van der Waals surface area contributed by atoms with Gasteiger partial charge in [-0.2, -0.15) is 0 Å². The molecule has 2 nitrogen and oxygen atoms in total. The summed E-state index contributed by atoms with van der Waals surface area (Å²) in [5.41, 5.74) is 0. The minimum absolute atomic E-state index is 0.208. The third-order valence-corrected chi connectivity index (χ3v) is 5.06. The fourth-order valence-electron chi connectivity index (χ4n) is 0.771. The van der Waals surface area contributed by atoms with Crippen LogP contribution in [0, 0.1) is 0 Å². The zero-order valence-corrected chi connectivity index (χ0v) is 8.59. The van der Waals surface area contributed by atoms with Crippen LogP contribution >= 0.6 is 31.9 Å². The summed E-state index contributed by atoms with van der Waals surface area (Å²) < 4.78 is 21.2. The molecule has 0 radical (unpaired) electrons. The van der Waals surface area contributed by atoms with Crippen LogP contribution in [0.25, 0.3) is 0 Å². The molecular weight excluding hydrogens is 272 g/mol. The number of halogens is 2. The van der Waals surface area contributed by atoms with Gasteiger partial charge < -0.3 is 0 Å². The molecule has 0 bridgehead atoms. The maximum atomic E-state index is 10.8. The summed E-state index contributed by atoms with van der Waals surface area (Å²) in [7, 11) is -2.75. The Morgan fingerprint density at radius 3 is 2.00 bits per heavy atom. The maximum absolute atomic E-state index is 10.8. The molecule has 0 aromatic carbocycles. The van der Waals surface area contributed by atoms with Crippen molar-refractivity contribution < 1.29 is 8.42 Å². The number of hydrogen-bond acceptors (Lipinski definition) is 2. The van der Waals surface area contributed by atoms with E-state index in [1.54, 1.807) is 0 Å². The van der Waals surface area contributed by atoms with E-state index in [-0.39, 0.29) is 8.99 Å². The quantitative estimate of drug-likeness (QED) is 0.626. The molecule has 5 heteroatoms. The molecule has 1 aliphatic rings. The van der Waals surface area contributed by atoms with E-state index in [0.717, 1.165) is 0 Å². The van der Waals surface area contributed by atoms with Crippen molar-refractivity contribution in [2.75, 3.05) is 11.5 Å². The van der Waals surface area contributed by atoms with E-state index in [2.05, 4.69) is 31.9 Å². The van der Waals surface area contributed by atoms with Crippen LogP contribution in [0.3, 0.4) is 0 Å². The molecule has 1 saturated heterocycles. The van der Waals surface area contributed by atoms with E-state index in [0.29, 0.717) is 12.2 Å². The molecule has 1 fully saturated rings. The topological polar surface area (TPSA) is 34.1 Å². The maximum Gasteiger partial charge on any atom is 0.152 e. The van der Waals surface area contributed by atoms with Crippen LogP contribution in [0.4, 0.5) is 0 Å². The van der Waals surface area contributed by atoms with E-state index in [4.69, 9.17) is 0 Å². The van der Waals surface area contributed by atoms with Crippen LogP contribution in [0.1, 0.15) is 6.42 Å². The van der Waals surface area contributed by atoms with Gasteiger partial charge in [-0.1, -0.05) is 31.9 Å². The largest absolute Gasteiger partial charge is 0.229 e. The summed E-state index contributed by atoms with van der Waals surface area (Å²) in [5.74, 6) is 0.503. The van der Waals surface area contributed by atoms with E-state index < -0.39 is 9.84 Å². The first-order valence-corrected chi connectivity index (χ1v) is 5.90. The lowest BCUT2D eigenvalue weighted by Gasteiger charge is -2.06. The zero-order valence-electron chi connectivity index (χ0n) is 4.60. The van der Waals surface area contributed by atoms with Gasteiger partial charge in [0.05, 0.1) is 14.7 Å². The summed E-state index contributed by atoms with van der Waals surface area (Å²) in [5, 5.41) is 0. The highest BCUT2D eigenvalue weighted by atomic mass is 79.9. The molecule has 0 atom stereocenters. The van der Waals surface area contributed by atoms with E-state index in [1.165, 1.54) is 0 Å². The molecule has 0 amide bonds. The Morgan fingerprint density at radius 2 is 1.89 bits per heavy atom. The molecule has 9 heavy (non-hydrogen) atoms. The van der Waals surface area contributed by atoms with Crippen molar-refractivity contribution >= 4 is 41.7 Å². The molecule has 0 aromatic heterocycles. The number of sulfone groups is 1. The van der Waals surface area contributed by atoms with Gasteiger partial charge >= 0.3 is 0 Å². The van der Waals surface area contributed by atoms with Crippen molar-refractivity contribution in [2.24, 2.45) is 0 Å². The predicted molar refractivity (Wildman–Crippen MR) is 43.9 cm³/mol. The van der Waals surface area contributed by atoms with Gasteiger partial charge in [-0.05, 0) is 6.42 Å². The third kappa shape index (κ3) is 2.20. The number of rotatable bonds is 0. The first-order valence-electron chi connectivity index (χ1n) is 2.50. The van der Waals surface area contributed by atoms with E-state index in [9.17, 15) is 8.42 Å². The van der Waals surface area contributed by atoms with Crippen LogP contribution in [0.15, 0.2) is 0 Å². The normalized spacial score (nSPS) is 30.4. The highest BCUT2D eigenvalue weighted by Crippen LogP contribution is 2.37. The first-order chi connectivity index (χ1) is 3.91. The lowest BCUT2D eigenvalue weighted by Crippen LogP contribution is -2.12. The number of alkyl halides is 2. The van der Waals surface area contributed by atoms with Crippen molar-refractivity contribution in [3.63, 3.8) is 0 Å². The van der Waals surface area contributed by atoms with Crippen LogP contribution in [-0.4, -0.2) is 23.2 Å². The Bertz CT molecular complexity index is 207. The molecule has 54 valence electrons. The molecule has 0 aliphatic carbocycles. The Morgan fingerprint density at radius 1 is 1.33 bits per heavy atom. The van der Waals surface area contributed by atoms with Gasteiger partial charge in [-0.3, -0.25) is 0 Å². The van der Waals surface area contributed by atoms with Gasteiger partial charge in [0.1, 0.15) is 0 Å². The third-order valence-electron chi connectivity index (χ3n) is 1.21. The second kappa shape index (κ2) is 2.20. The van der Waals surface area contributed by atoms with Crippen molar-refractivity contribution in [3.8, 4) is 0 Å². The van der Waals surface area contributed by atoms with Crippen molar-refractivity contribution in [1.82, 2.24) is 0 Å². The average Bonchev–Trinajstić information content (AvgIpc) is 1.78. The molecule has 0 N–H and O–H groups in total. The Balaban J connectivity index is 2.81. The van der Waals surface area contributed by atoms with Crippen LogP contribution in [0.2, 0.25) is 0 Å². The minimum atomic E-state index is -2.75. The van der Waals surface area contributed by atoms with E-state index >= 15 is 0 Å². The smallest absolute Gasteiger partial charge is 0.152 e.